The van der Waals surface area contributed by atoms with Crippen LogP contribution in [0, 0.1) is 0 Å². The topological polar surface area (TPSA) is 34.1 Å². The standard InChI is InChI=1S/C15H19ClN2OS/c1-15(2,3)14-18-11(9-20-14)8-17-12-7-10(16)5-6-13(12)19-4/h5-7,9,17H,8H2,1-4H3. The number of hydrogen-bond donors (Lipinski definition) is 1. The molecule has 20 heavy (non-hydrogen) atoms. The zero-order valence-electron chi connectivity index (χ0n) is 12.2. The Hall–Kier alpha value is -1.26. The summed E-state index contributed by atoms with van der Waals surface area (Å²) in [6.07, 6.45) is 0. The SMILES string of the molecule is COc1ccc(Cl)cc1NCc1csc(C(C)(C)C)n1. The normalized spacial score (nSPS) is 11.4. The number of rotatable bonds is 4. The van der Waals surface area contributed by atoms with Gasteiger partial charge in [-0.25, -0.2) is 4.98 Å². The third kappa shape index (κ3) is 3.64. The summed E-state index contributed by atoms with van der Waals surface area (Å²) in [6, 6.07) is 5.52. The van der Waals surface area contributed by atoms with Gasteiger partial charge in [0.1, 0.15) is 5.75 Å². The quantitative estimate of drug-likeness (QED) is 0.887. The van der Waals surface area contributed by atoms with Gasteiger partial charge in [0.15, 0.2) is 0 Å². The maximum absolute atomic E-state index is 6.01. The van der Waals surface area contributed by atoms with Crippen molar-refractivity contribution in [3.05, 3.63) is 39.3 Å². The highest BCUT2D eigenvalue weighted by atomic mass is 35.5. The molecular formula is C15H19ClN2OS. The van der Waals surface area contributed by atoms with Crippen molar-refractivity contribution in [1.29, 1.82) is 0 Å². The number of thiazole rings is 1. The monoisotopic (exact) mass is 310 g/mol. The van der Waals surface area contributed by atoms with Crippen molar-refractivity contribution >= 4 is 28.6 Å². The fraction of sp³-hybridized carbons (Fsp3) is 0.400. The molecule has 0 aliphatic rings. The van der Waals surface area contributed by atoms with Gasteiger partial charge in [-0.05, 0) is 18.2 Å². The first-order valence-electron chi connectivity index (χ1n) is 6.42. The van der Waals surface area contributed by atoms with Crippen LogP contribution in [-0.2, 0) is 12.0 Å². The second kappa shape index (κ2) is 6.02. The summed E-state index contributed by atoms with van der Waals surface area (Å²) in [5.74, 6) is 0.778. The Bertz CT molecular complexity index is 590. The van der Waals surface area contributed by atoms with Crippen LogP contribution in [0.5, 0.6) is 5.75 Å². The molecule has 0 aliphatic heterocycles. The lowest BCUT2D eigenvalue weighted by Crippen LogP contribution is -2.11. The average molecular weight is 311 g/mol. The predicted molar refractivity (Wildman–Crippen MR) is 86.1 cm³/mol. The summed E-state index contributed by atoms with van der Waals surface area (Å²) in [4.78, 5) is 4.66. The number of anilines is 1. The molecule has 1 heterocycles. The van der Waals surface area contributed by atoms with E-state index in [9.17, 15) is 0 Å². The molecule has 1 aromatic heterocycles. The number of benzene rings is 1. The van der Waals surface area contributed by atoms with Crippen LogP contribution in [0.3, 0.4) is 0 Å². The van der Waals surface area contributed by atoms with Crippen LogP contribution in [-0.4, -0.2) is 12.1 Å². The fourth-order valence-corrected chi connectivity index (χ4v) is 2.82. The molecule has 0 radical (unpaired) electrons. The molecule has 108 valence electrons. The van der Waals surface area contributed by atoms with Gasteiger partial charge in [-0.1, -0.05) is 32.4 Å². The van der Waals surface area contributed by atoms with Gasteiger partial charge in [-0.15, -0.1) is 11.3 Å². The third-order valence-corrected chi connectivity index (χ3v) is 4.37. The summed E-state index contributed by atoms with van der Waals surface area (Å²) in [5, 5.41) is 7.24. The number of halogens is 1. The van der Waals surface area contributed by atoms with E-state index < -0.39 is 0 Å². The molecule has 0 spiro atoms. The highest BCUT2D eigenvalue weighted by Crippen LogP contribution is 2.29. The Morgan fingerprint density at radius 3 is 2.70 bits per heavy atom. The number of hydrogen-bond acceptors (Lipinski definition) is 4. The smallest absolute Gasteiger partial charge is 0.142 e. The molecule has 0 fully saturated rings. The maximum atomic E-state index is 6.01. The lowest BCUT2D eigenvalue weighted by atomic mass is 9.98. The van der Waals surface area contributed by atoms with Crippen molar-refractivity contribution in [2.45, 2.75) is 32.7 Å². The Balaban J connectivity index is 2.09. The molecule has 0 unspecified atom stereocenters. The maximum Gasteiger partial charge on any atom is 0.142 e. The lowest BCUT2D eigenvalue weighted by Gasteiger charge is -2.14. The average Bonchev–Trinajstić information content (AvgIpc) is 2.85. The molecule has 0 bridgehead atoms. The molecule has 1 aromatic carbocycles. The van der Waals surface area contributed by atoms with Gasteiger partial charge in [0.05, 0.1) is 30.0 Å². The van der Waals surface area contributed by atoms with Crippen molar-refractivity contribution in [1.82, 2.24) is 4.98 Å². The van der Waals surface area contributed by atoms with Crippen LogP contribution < -0.4 is 10.1 Å². The van der Waals surface area contributed by atoms with Gasteiger partial charge < -0.3 is 10.1 Å². The van der Waals surface area contributed by atoms with Crippen LogP contribution in [0.2, 0.25) is 5.02 Å². The number of methoxy groups -OCH3 is 1. The van der Waals surface area contributed by atoms with E-state index in [1.165, 1.54) is 0 Å². The molecule has 0 aliphatic carbocycles. The largest absolute Gasteiger partial charge is 0.495 e. The first-order chi connectivity index (χ1) is 9.40. The molecule has 0 atom stereocenters. The van der Waals surface area contributed by atoms with Gasteiger partial charge >= 0.3 is 0 Å². The Morgan fingerprint density at radius 2 is 2.10 bits per heavy atom. The number of nitrogens with one attached hydrogen (secondary N) is 1. The van der Waals surface area contributed by atoms with E-state index in [0.29, 0.717) is 11.6 Å². The summed E-state index contributed by atoms with van der Waals surface area (Å²) in [5.41, 5.74) is 2.00. The van der Waals surface area contributed by atoms with Crippen LogP contribution in [0.1, 0.15) is 31.5 Å². The molecule has 2 rings (SSSR count). The van der Waals surface area contributed by atoms with E-state index in [2.05, 4.69) is 36.5 Å². The lowest BCUT2D eigenvalue weighted by molar-refractivity contribution is 0.416. The van der Waals surface area contributed by atoms with E-state index in [0.717, 1.165) is 22.1 Å². The molecule has 0 saturated heterocycles. The van der Waals surface area contributed by atoms with Gasteiger partial charge in [-0.2, -0.15) is 0 Å². The Labute approximate surface area is 129 Å². The van der Waals surface area contributed by atoms with Crippen LogP contribution in [0.4, 0.5) is 5.69 Å². The van der Waals surface area contributed by atoms with Crippen molar-refractivity contribution < 1.29 is 4.74 Å². The van der Waals surface area contributed by atoms with E-state index in [1.807, 2.05) is 18.2 Å². The summed E-state index contributed by atoms with van der Waals surface area (Å²) in [7, 11) is 1.65. The predicted octanol–water partition coefficient (Wildman–Crippen LogP) is 4.71. The first-order valence-corrected chi connectivity index (χ1v) is 7.68. The van der Waals surface area contributed by atoms with Gasteiger partial charge in [0.2, 0.25) is 0 Å². The van der Waals surface area contributed by atoms with Crippen LogP contribution >= 0.6 is 22.9 Å². The van der Waals surface area contributed by atoms with Crippen LogP contribution in [0.15, 0.2) is 23.6 Å². The minimum Gasteiger partial charge on any atom is -0.495 e. The highest BCUT2D eigenvalue weighted by Gasteiger charge is 2.17. The summed E-state index contributed by atoms with van der Waals surface area (Å²) >= 11 is 7.71. The Morgan fingerprint density at radius 1 is 1.35 bits per heavy atom. The fourth-order valence-electron chi connectivity index (χ4n) is 1.74. The zero-order valence-corrected chi connectivity index (χ0v) is 13.7. The second-order valence-corrected chi connectivity index (χ2v) is 6.89. The Kier molecular flexibility index (Phi) is 4.55. The van der Waals surface area contributed by atoms with Crippen molar-refractivity contribution in [3.63, 3.8) is 0 Å². The molecular weight excluding hydrogens is 292 g/mol. The number of nitrogens with zero attached hydrogens (tertiary/aromatic N) is 1. The molecule has 1 N–H and O–H groups in total. The second-order valence-electron chi connectivity index (χ2n) is 5.59. The number of aromatic nitrogens is 1. The van der Waals surface area contributed by atoms with Gasteiger partial charge in [-0.3, -0.25) is 0 Å². The van der Waals surface area contributed by atoms with Gasteiger partial charge in [0, 0.05) is 15.8 Å². The van der Waals surface area contributed by atoms with Crippen LogP contribution in [0.25, 0.3) is 0 Å². The van der Waals surface area contributed by atoms with E-state index in [-0.39, 0.29) is 5.41 Å². The van der Waals surface area contributed by atoms with Crippen molar-refractivity contribution in [2.75, 3.05) is 12.4 Å². The molecule has 0 amide bonds. The van der Waals surface area contributed by atoms with E-state index in [1.54, 1.807) is 18.4 Å². The molecule has 0 saturated carbocycles. The van der Waals surface area contributed by atoms with E-state index in [4.69, 9.17) is 16.3 Å². The van der Waals surface area contributed by atoms with Gasteiger partial charge in [0.25, 0.3) is 0 Å². The minimum absolute atomic E-state index is 0.0939. The molecule has 2 aromatic rings. The summed E-state index contributed by atoms with van der Waals surface area (Å²) < 4.78 is 5.31. The summed E-state index contributed by atoms with van der Waals surface area (Å²) in [6.45, 7) is 7.17. The molecule has 5 heteroatoms. The third-order valence-electron chi connectivity index (χ3n) is 2.81. The minimum atomic E-state index is 0.0939. The number of ether oxygens (including phenoxy) is 1. The van der Waals surface area contributed by atoms with Crippen molar-refractivity contribution in [2.24, 2.45) is 0 Å². The van der Waals surface area contributed by atoms with E-state index >= 15 is 0 Å². The highest BCUT2D eigenvalue weighted by molar-refractivity contribution is 7.09. The first kappa shape index (κ1) is 15.1. The zero-order chi connectivity index (χ0) is 14.8. The van der Waals surface area contributed by atoms with Crippen molar-refractivity contribution in [3.8, 4) is 5.75 Å². The molecule has 3 nitrogen and oxygen atoms in total.